The molecule has 0 saturated carbocycles. The van der Waals surface area contributed by atoms with Gasteiger partial charge < -0.3 is 10.2 Å². The number of anilines is 2. The minimum absolute atomic E-state index is 0.0175. The summed E-state index contributed by atoms with van der Waals surface area (Å²) in [6.45, 7) is 5.89. The maximum absolute atomic E-state index is 12.9. The first-order valence-corrected chi connectivity index (χ1v) is 10.7. The summed E-state index contributed by atoms with van der Waals surface area (Å²) >= 11 is 0. The number of para-hydroxylation sites is 1. The van der Waals surface area contributed by atoms with E-state index in [0.29, 0.717) is 25.3 Å². The lowest BCUT2D eigenvalue weighted by Gasteiger charge is -2.35. The number of amides is 4. The fraction of sp³-hybridized carbons (Fsp3) is 0.375. The number of rotatable bonds is 5. The summed E-state index contributed by atoms with van der Waals surface area (Å²) in [5.41, 5.74) is 3.66. The van der Waals surface area contributed by atoms with Crippen LogP contribution in [0, 0.1) is 13.8 Å². The molecule has 7 heteroatoms. The molecule has 1 N–H and O–H groups in total. The van der Waals surface area contributed by atoms with Crippen molar-refractivity contribution in [2.75, 3.05) is 36.4 Å². The molecule has 0 atom stereocenters. The Morgan fingerprint density at radius 1 is 1.00 bits per heavy atom. The van der Waals surface area contributed by atoms with Crippen LogP contribution < -0.4 is 10.2 Å². The van der Waals surface area contributed by atoms with Crippen LogP contribution in [0.25, 0.3) is 0 Å². The zero-order chi connectivity index (χ0) is 22.0. The van der Waals surface area contributed by atoms with Gasteiger partial charge in [-0.1, -0.05) is 24.3 Å². The first kappa shape index (κ1) is 21.1. The zero-order valence-electron chi connectivity index (χ0n) is 18.0. The fourth-order valence-electron chi connectivity index (χ4n) is 4.48. The normalized spacial score (nSPS) is 18.0. The number of hydrogen-bond acceptors (Lipinski definition) is 4. The van der Waals surface area contributed by atoms with E-state index in [1.807, 2.05) is 44.2 Å². The topological polar surface area (TPSA) is 73.0 Å². The molecule has 2 saturated heterocycles. The van der Waals surface area contributed by atoms with Gasteiger partial charge in [0.05, 0.1) is 12.2 Å². The molecule has 4 amide bonds. The van der Waals surface area contributed by atoms with E-state index in [1.165, 1.54) is 4.90 Å². The maximum Gasteiger partial charge on any atom is 0.332 e. The summed E-state index contributed by atoms with van der Waals surface area (Å²) in [7, 11) is 0. The number of piperidine rings is 1. The molecule has 0 unspecified atom stereocenters. The zero-order valence-corrected chi connectivity index (χ0v) is 18.0. The van der Waals surface area contributed by atoms with Crippen LogP contribution in [0.15, 0.2) is 48.5 Å². The van der Waals surface area contributed by atoms with E-state index < -0.39 is 0 Å². The summed E-state index contributed by atoms with van der Waals surface area (Å²) in [5.74, 6) is -0.224. The third-order valence-corrected chi connectivity index (χ3v) is 5.88. The number of nitrogens with one attached hydrogen (secondary N) is 1. The van der Waals surface area contributed by atoms with Crippen LogP contribution in [0.4, 0.5) is 16.2 Å². The van der Waals surface area contributed by atoms with E-state index in [-0.39, 0.29) is 30.4 Å². The fourth-order valence-corrected chi connectivity index (χ4v) is 4.48. The SMILES string of the molecule is Cc1cc(C)cc(NC(=O)CN2CCC(N3CC(=O)N(c4ccccc4)C3=O)CC2)c1. The van der Waals surface area contributed by atoms with Crippen LogP contribution in [0.2, 0.25) is 0 Å². The molecular formula is C24H28N4O3. The van der Waals surface area contributed by atoms with Crippen molar-refractivity contribution in [1.29, 1.82) is 0 Å². The van der Waals surface area contributed by atoms with Crippen LogP contribution in [-0.2, 0) is 9.59 Å². The summed E-state index contributed by atoms with van der Waals surface area (Å²) in [5, 5.41) is 2.98. The van der Waals surface area contributed by atoms with Gasteiger partial charge in [0.25, 0.3) is 5.91 Å². The maximum atomic E-state index is 12.9. The Balaban J connectivity index is 1.30. The number of hydrogen-bond donors (Lipinski definition) is 1. The summed E-state index contributed by atoms with van der Waals surface area (Å²) < 4.78 is 0. The van der Waals surface area contributed by atoms with E-state index in [9.17, 15) is 14.4 Å². The second kappa shape index (κ2) is 8.89. The second-order valence-corrected chi connectivity index (χ2v) is 8.41. The molecule has 2 aromatic rings. The van der Waals surface area contributed by atoms with Crippen LogP contribution in [0.5, 0.6) is 0 Å². The summed E-state index contributed by atoms with van der Waals surface area (Å²) in [6.07, 6.45) is 1.50. The lowest BCUT2D eigenvalue weighted by molar-refractivity contribution is -0.117. The Bertz CT molecular complexity index is 963. The Morgan fingerprint density at radius 3 is 2.29 bits per heavy atom. The number of likely N-dealkylation sites (tertiary alicyclic amines) is 1. The van der Waals surface area contributed by atoms with E-state index in [0.717, 1.165) is 29.7 Å². The Morgan fingerprint density at radius 2 is 1.65 bits per heavy atom. The Hall–Kier alpha value is -3.19. The molecule has 31 heavy (non-hydrogen) atoms. The van der Waals surface area contributed by atoms with Gasteiger partial charge in [-0.2, -0.15) is 0 Å². The van der Waals surface area contributed by atoms with E-state index in [2.05, 4.69) is 16.3 Å². The van der Waals surface area contributed by atoms with Gasteiger partial charge in [0.1, 0.15) is 6.54 Å². The van der Waals surface area contributed by atoms with Crippen molar-refractivity contribution in [3.63, 3.8) is 0 Å². The number of aryl methyl sites for hydroxylation is 2. The highest BCUT2D eigenvalue weighted by Crippen LogP contribution is 2.26. The molecule has 0 aromatic heterocycles. The first-order valence-electron chi connectivity index (χ1n) is 10.7. The molecule has 2 heterocycles. The minimum Gasteiger partial charge on any atom is -0.325 e. The van der Waals surface area contributed by atoms with Gasteiger partial charge in [0, 0.05) is 24.8 Å². The van der Waals surface area contributed by atoms with E-state index in [1.54, 1.807) is 17.0 Å². The number of nitrogens with zero attached hydrogens (tertiary/aromatic N) is 3. The second-order valence-electron chi connectivity index (χ2n) is 8.41. The number of benzene rings is 2. The Labute approximate surface area is 182 Å². The number of imide groups is 1. The van der Waals surface area contributed by atoms with Crippen molar-refractivity contribution in [2.45, 2.75) is 32.7 Å². The molecule has 2 aromatic carbocycles. The molecular weight excluding hydrogens is 392 g/mol. The molecule has 2 aliphatic rings. The molecule has 2 aliphatic heterocycles. The third-order valence-electron chi connectivity index (χ3n) is 5.88. The van der Waals surface area contributed by atoms with Crippen molar-refractivity contribution in [1.82, 2.24) is 9.80 Å². The largest absolute Gasteiger partial charge is 0.332 e. The van der Waals surface area contributed by atoms with Crippen molar-refractivity contribution in [3.8, 4) is 0 Å². The monoisotopic (exact) mass is 420 g/mol. The average molecular weight is 421 g/mol. The van der Waals surface area contributed by atoms with Gasteiger partial charge in [0.15, 0.2) is 0 Å². The molecule has 0 spiro atoms. The van der Waals surface area contributed by atoms with Gasteiger partial charge in [-0.05, 0) is 62.1 Å². The highest BCUT2D eigenvalue weighted by molar-refractivity contribution is 6.19. The predicted octanol–water partition coefficient (Wildman–Crippen LogP) is 3.18. The quantitative estimate of drug-likeness (QED) is 0.754. The lowest BCUT2D eigenvalue weighted by Crippen LogP contribution is -2.48. The van der Waals surface area contributed by atoms with Crippen molar-refractivity contribution < 1.29 is 14.4 Å². The van der Waals surface area contributed by atoms with E-state index in [4.69, 9.17) is 0 Å². The van der Waals surface area contributed by atoms with Gasteiger partial charge >= 0.3 is 6.03 Å². The van der Waals surface area contributed by atoms with Gasteiger partial charge in [-0.25, -0.2) is 9.69 Å². The number of carbonyl (C=O) groups excluding carboxylic acids is 3. The van der Waals surface area contributed by atoms with Crippen LogP contribution in [0.1, 0.15) is 24.0 Å². The van der Waals surface area contributed by atoms with Gasteiger partial charge in [-0.3, -0.25) is 14.5 Å². The molecule has 2 fully saturated rings. The highest BCUT2D eigenvalue weighted by atomic mass is 16.2. The molecule has 0 aliphatic carbocycles. The molecule has 0 radical (unpaired) electrons. The molecule has 162 valence electrons. The molecule has 7 nitrogen and oxygen atoms in total. The molecule has 4 rings (SSSR count). The number of carbonyl (C=O) groups is 3. The van der Waals surface area contributed by atoms with Crippen molar-refractivity contribution in [3.05, 3.63) is 59.7 Å². The third kappa shape index (κ3) is 4.77. The first-order chi connectivity index (χ1) is 14.9. The summed E-state index contributed by atoms with van der Waals surface area (Å²) in [4.78, 5) is 42.9. The van der Waals surface area contributed by atoms with Gasteiger partial charge in [0.2, 0.25) is 5.91 Å². The van der Waals surface area contributed by atoms with E-state index >= 15 is 0 Å². The van der Waals surface area contributed by atoms with Crippen LogP contribution in [-0.4, -0.2) is 59.9 Å². The smallest absolute Gasteiger partial charge is 0.325 e. The van der Waals surface area contributed by atoms with Gasteiger partial charge in [-0.15, -0.1) is 0 Å². The van der Waals surface area contributed by atoms with Crippen LogP contribution >= 0.6 is 0 Å². The number of urea groups is 1. The minimum atomic E-state index is -0.248. The van der Waals surface area contributed by atoms with Crippen molar-refractivity contribution in [2.24, 2.45) is 0 Å². The lowest BCUT2D eigenvalue weighted by atomic mass is 10.0. The molecule has 0 bridgehead atoms. The van der Waals surface area contributed by atoms with Crippen LogP contribution in [0.3, 0.4) is 0 Å². The average Bonchev–Trinajstić information content (AvgIpc) is 3.02. The van der Waals surface area contributed by atoms with Crippen molar-refractivity contribution >= 4 is 29.2 Å². The predicted molar refractivity (Wildman–Crippen MR) is 120 cm³/mol. The standard InChI is InChI=1S/C24H28N4O3/c1-17-12-18(2)14-19(13-17)25-22(29)15-26-10-8-20(9-11-26)27-16-23(30)28(24(27)31)21-6-4-3-5-7-21/h3-7,12-14,20H,8-11,15-16H2,1-2H3,(H,25,29). The highest BCUT2D eigenvalue weighted by Gasteiger charge is 2.41. The summed E-state index contributed by atoms with van der Waals surface area (Å²) in [6, 6.07) is 14.8. The Kier molecular flexibility index (Phi) is 6.04.